The first-order valence-electron chi connectivity index (χ1n) is 8.44. The predicted molar refractivity (Wildman–Crippen MR) is 124 cm³/mol. The van der Waals surface area contributed by atoms with E-state index in [1.807, 2.05) is 19.2 Å². The maximum Gasteiger partial charge on any atom is 0.202 e. The van der Waals surface area contributed by atoms with Gasteiger partial charge in [0.05, 0.1) is 31.5 Å². The SMILES string of the molecule is CN(C(=N)N(C)c1ccc2cccc3c2c1C=C3)c1cc(Cl)c(Cl)c(Cl)c1Cl. The highest BCUT2D eigenvalue weighted by molar-refractivity contribution is 6.53. The number of anilines is 2. The number of nitrogens with one attached hydrogen (secondary N) is 1. The molecule has 0 aromatic heterocycles. The molecule has 0 amide bonds. The number of nitrogens with zero attached hydrogens (tertiary/aromatic N) is 2. The highest BCUT2D eigenvalue weighted by Crippen LogP contribution is 2.43. The van der Waals surface area contributed by atoms with Gasteiger partial charge in [-0.1, -0.05) is 82.8 Å². The molecule has 0 saturated carbocycles. The van der Waals surface area contributed by atoms with E-state index in [9.17, 15) is 0 Å². The predicted octanol–water partition coefficient (Wildman–Crippen LogP) is 7.44. The van der Waals surface area contributed by atoms with Gasteiger partial charge in [0.1, 0.15) is 0 Å². The van der Waals surface area contributed by atoms with Crippen LogP contribution in [0.5, 0.6) is 0 Å². The molecule has 0 radical (unpaired) electrons. The summed E-state index contributed by atoms with van der Waals surface area (Å²) in [5, 5.41) is 12.0. The van der Waals surface area contributed by atoms with Gasteiger partial charge in [-0.15, -0.1) is 0 Å². The van der Waals surface area contributed by atoms with E-state index >= 15 is 0 Å². The number of benzene rings is 3. The fourth-order valence-corrected chi connectivity index (χ4v) is 4.37. The molecule has 1 aliphatic rings. The third kappa shape index (κ3) is 2.94. The summed E-state index contributed by atoms with van der Waals surface area (Å²) in [6.07, 6.45) is 4.18. The quantitative estimate of drug-likeness (QED) is 0.149. The number of hydrogen-bond acceptors (Lipinski definition) is 1. The van der Waals surface area contributed by atoms with Crippen LogP contribution in [-0.4, -0.2) is 20.1 Å². The van der Waals surface area contributed by atoms with Gasteiger partial charge in [0, 0.05) is 19.7 Å². The molecule has 0 spiro atoms. The lowest BCUT2D eigenvalue weighted by Crippen LogP contribution is -2.40. The van der Waals surface area contributed by atoms with Crippen molar-refractivity contribution in [3.05, 3.63) is 67.6 Å². The molecule has 0 unspecified atom stereocenters. The molecule has 0 fully saturated rings. The normalized spacial score (nSPS) is 11.9. The number of hydrogen-bond donors (Lipinski definition) is 1. The Bertz CT molecular complexity index is 1170. The van der Waals surface area contributed by atoms with Gasteiger partial charge >= 0.3 is 0 Å². The maximum absolute atomic E-state index is 8.71. The van der Waals surface area contributed by atoms with Crippen molar-refractivity contribution in [2.75, 3.05) is 23.9 Å². The average Bonchev–Trinajstić information content (AvgIpc) is 3.14. The van der Waals surface area contributed by atoms with Gasteiger partial charge in [-0.25, -0.2) is 0 Å². The van der Waals surface area contributed by atoms with Crippen molar-refractivity contribution in [1.82, 2.24) is 0 Å². The number of halogens is 4. The Labute approximate surface area is 183 Å². The molecule has 0 heterocycles. The van der Waals surface area contributed by atoms with Gasteiger partial charge in [0.25, 0.3) is 0 Å². The van der Waals surface area contributed by atoms with E-state index in [0.29, 0.717) is 5.69 Å². The van der Waals surface area contributed by atoms with Crippen LogP contribution in [0.25, 0.3) is 22.9 Å². The zero-order chi connectivity index (χ0) is 20.2. The second kappa shape index (κ2) is 7.16. The summed E-state index contributed by atoms with van der Waals surface area (Å²) in [6, 6.07) is 11.9. The van der Waals surface area contributed by atoms with Crippen molar-refractivity contribution < 1.29 is 0 Å². The summed E-state index contributed by atoms with van der Waals surface area (Å²) in [5.74, 6) is 0.213. The minimum Gasteiger partial charge on any atom is -0.315 e. The van der Waals surface area contributed by atoms with E-state index in [-0.39, 0.29) is 26.1 Å². The molecule has 3 aromatic carbocycles. The lowest BCUT2D eigenvalue weighted by molar-refractivity contribution is 1.12. The van der Waals surface area contributed by atoms with E-state index in [2.05, 4.69) is 30.4 Å². The summed E-state index contributed by atoms with van der Waals surface area (Å²) in [6.45, 7) is 0. The average molecular weight is 451 g/mol. The van der Waals surface area contributed by atoms with Crippen LogP contribution in [0.2, 0.25) is 20.1 Å². The number of guanidine groups is 1. The topological polar surface area (TPSA) is 30.3 Å². The monoisotopic (exact) mass is 449 g/mol. The largest absolute Gasteiger partial charge is 0.315 e. The van der Waals surface area contributed by atoms with E-state index in [1.54, 1.807) is 22.9 Å². The lowest BCUT2D eigenvalue weighted by atomic mass is 10.0. The minimum absolute atomic E-state index is 0.171. The Morgan fingerprint density at radius 2 is 1.54 bits per heavy atom. The Morgan fingerprint density at radius 1 is 0.821 bits per heavy atom. The summed E-state index contributed by atoms with van der Waals surface area (Å²) in [5.41, 5.74) is 3.70. The molecule has 0 saturated heterocycles. The van der Waals surface area contributed by atoms with Crippen molar-refractivity contribution in [1.29, 1.82) is 5.41 Å². The fourth-order valence-electron chi connectivity index (χ4n) is 3.46. The lowest BCUT2D eigenvalue weighted by Gasteiger charge is -2.30. The highest BCUT2D eigenvalue weighted by atomic mass is 35.5. The van der Waals surface area contributed by atoms with Crippen LogP contribution >= 0.6 is 46.4 Å². The van der Waals surface area contributed by atoms with Gasteiger partial charge in [-0.2, -0.15) is 0 Å². The van der Waals surface area contributed by atoms with Crippen molar-refractivity contribution in [3.8, 4) is 0 Å². The molecule has 7 heteroatoms. The first kappa shape index (κ1) is 19.4. The first-order chi connectivity index (χ1) is 13.3. The molecule has 142 valence electrons. The van der Waals surface area contributed by atoms with Crippen LogP contribution in [0.1, 0.15) is 11.1 Å². The molecule has 28 heavy (non-hydrogen) atoms. The molecule has 0 aliphatic heterocycles. The maximum atomic E-state index is 8.71. The smallest absolute Gasteiger partial charge is 0.202 e. The molecular formula is C21H15Cl4N3. The molecular weight excluding hydrogens is 436 g/mol. The number of rotatable bonds is 2. The van der Waals surface area contributed by atoms with Crippen LogP contribution in [0.4, 0.5) is 11.4 Å². The van der Waals surface area contributed by atoms with Crippen LogP contribution < -0.4 is 9.80 Å². The highest BCUT2D eigenvalue weighted by Gasteiger charge is 2.23. The van der Waals surface area contributed by atoms with Crippen molar-refractivity contribution >= 4 is 86.7 Å². The standard InChI is InChI=1S/C21H15Cl4N3/c1-27(15-9-7-12-5-3-4-11-6-8-13(15)17(11)12)21(26)28(2)16-10-14(22)18(23)20(25)19(16)24/h3-10,26H,1-2H3. The van der Waals surface area contributed by atoms with Gasteiger partial charge in [-0.05, 0) is 28.5 Å². The molecule has 0 atom stereocenters. The summed E-state index contributed by atoms with van der Waals surface area (Å²) >= 11 is 24.8. The minimum atomic E-state index is 0.171. The van der Waals surface area contributed by atoms with Gasteiger partial charge < -0.3 is 9.80 Å². The Hall–Kier alpha value is -1.91. The summed E-state index contributed by atoms with van der Waals surface area (Å²) < 4.78 is 0. The van der Waals surface area contributed by atoms with Crippen LogP contribution in [0.3, 0.4) is 0 Å². The van der Waals surface area contributed by atoms with E-state index in [4.69, 9.17) is 51.8 Å². The molecule has 1 N–H and O–H groups in total. The second-order valence-electron chi connectivity index (χ2n) is 6.54. The fraction of sp³-hybridized carbons (Fsp3) is 0.0952. The van der Waals surface area contributed by atoms with Gasteiger partial charge in [0.15, 0.2) is 0 Å². The van der Waals surface area contributed by atoms with E-state index in [0.717, 1.165) is 11.3 Å². The summed E-state index contributed by atoms with van der Waals surface area (Å²) in [7, 11) is 3.58. The summed E-state index contributed by atoms with van der Waals surface area (Å²) in [4.78, 5) is 3.42. The zero-order valence-corrected chi connectivity index (χ0v) is 18.0. The third-order valence-electron chi connectivity index (χ3n) is 4.97. The van der Waals surface area contributed by atoms with Crippen LogP contribution in [0, 0.1) is 5.41 Å². The van der Waals surface area contributed by atoms with Crippen LogP contribution in [-0.2, 0) is 0 Å². The molecule has 0 bridgehead atoms. The van der Waals surface area contributed by atoms with Crippen molar-refractivity contribution in [2.24, 2.45) is 0 Å². The second-order valence-corrected chi connectivity index (χ2v) is 8.08. The Morgan fingerprint density at radius 3 is 2.29 bits per heavy atom. The van der Waals surface area contributed by atoms with Crippen molar-refractivity contribution in [2.45, 2.75) is 0 Å². The van der Waals surface area contributed by atoms with Gasteiger partial charge in [-0.3, -0.25) is 5.41 Å². The van der Waals surface area contributed by atoms with E-state index < -0.39 is 0 Å². The van der Waals surface area contributed by atoms with Crippen molar-refractivity contribution in [3.63, 3.8) is 0 Å². The first-order valence-corrected chi connectivity index (χ1v) is 9.95. The Balaban J connectivity index is 1.74. The van der Waals surface area contributed by atoms with Gasteiger partial charge in [0.2, 0.25) is 5.96 Å². The Kier molecular flexibility index (Phi) is 4.96. The molecule has 3 aromatic rings. The molecule has 4 rings (SSSR count). The molecule has 3 nitrogen and oxygen atoms in total. The molecule has 1 aliphatic carbocycles. The van der Waals surface area contributed by atoms with E-state index in [1.165, 1.54) is 16.3 Å². The van der Waals surface area contributed by atoms with Crippen LogP contribution in [0.15, 0.2) is 36.4 Å². The third-order valence-corrected chi connectivity index (χ3v) is 6.71. The zero-order valence-electron chi connectivity index (χ0n) is 15.0.